The maximum atomic E-state index is 12.9. The second-order valence-corrected chi connectivity index (χ2v) is 23.8. The Bertz CT molecular complexity index is 1360. The quantitative estimate of drug-likeness (QED) is 0.0261. The molecule has 0 fully saturated rings. The molecule has 1 unspecified atom stereocenters. The van der Waals surface area contributed by atoms with Gasteiger partial charge in [0.05, 0.1) is 0 Å². The number of esters is 3. The summed E-state index contributed by atoms with van der Waals surface area (Å²) in [6, 6.07) is 0. The molecule has 0 spiro atoms. The number of allylic oxidation sites excluding steroid dienone is 8. The standard InChI is InChI=1S/C73H134O6/c1-4-7-10-13-16-19-22-25-28-31-34-35-36-37-40-42-45-48-51-54-57-60-63-66-72(75)78-69-70(79-73(76)67-64-61-58-55-52-49-46-43-39-33-30-27-24-21-18-15-12-9-6-3)68-77-71(74)65-62-59-56-53-50-47-44-41-38-32-29-26-23-20-17-14-11-8-5-2/h9,12,18,21,27,30,39,43,70H,4-8,10-11,13-17,19-20,22-26,28-29,31-38,40-42,44-69H2,1-3H3/b12-9-,21-18-,30-27-,43-39-. The highest BCUT2D eigenvalue weighted by atomic mass is 16.6. The molecule has 6 nitrogen and oxygen atoms in total. The van der Waals surface area contributed by atoms with Crippen molar-refractivity contribution in [2.24, 2.45) is 0 Å². The summed E-state index contributed by atoms with van der Waals surface area (Å²) in [6.07, 6.45) is 85.6. The summed E-state index contributed by atoms with van der Waals surface area (Å²) < 4.78 is 17.0. The average molecular weight is 1110 g/mol. The normalized spacial score (nSPS) is 12.3. The van der Waals surface area contributed by atoms with Gasteiger partial charge in [-0.3, -0.25) is 14.4 Å². The lowest BCUT2D eigenvalue weighted by atomic mass is 10.0. The summed E-state index contributed by atoms with van der Waals surface area (Å²) in [6.45, 7) is 6.60. The van der Waals surface area contributed by atoms with Gasteiger partial charge < -0.3 is 14.2 Å². The zero-order valence-corrected chi connectivity index (χ0v) is 53.2. The van der Waals surface area contributed by atoms with Crippen molar-refractivity contribution < 1.29 is 28.6 Å². The lowest BCUT2D eigenvalue weighted by Crippen LogP contribution is -2.30. The molecule has 0 N–H and O–H groups in total. The van der Waals surface area contributed by atoms with Crippen LogP contribution in [-0.4, -0.2) is 37.2 Å². The summed E-state index contributed by atoms with van der Waals surface area (Å²) in [4.78, 5) is 38.5. The fourth-order valence-electron chi connectivity index (χ4n) is 10.6. The van der Waals surface area contributed by atoms with Crippen LogP contribution in [0.3, 0.4) is 0 Å². The zero-order chi connectivity index (χ0) is 57.1. The Balaban J connectivity index is 4.32. The van der Waals surface area contributed by atoms with Crippen molar-refractivity contribution in [3.05, 3.63) is 48.6 Å². The van der Waals surface area contributed by atoms with Crippen LogP contribution in [0, 0.1) is 0 Å². The minimum absolute atomic E-state index is 0.0737. The highest BCUT2D eigenvalue weighted by Crippen LogP contribution is 2.19. The molecule has 0 aliphatic heterocycles. The second kappa shape index (κ2) is 67.9. The van der Waals surface area contributed by atoms with E-state index in [1.54, 1.807) is 0 Å². The minimum Gasteiger partial charge on any atom is -0.462 e. The highest BCUT2D eigenvalue weighted by Gasteiger charge is 2.19. The molecule has 0 aromatic heterocycles. The first-order chi connectivity index (χ1) is 39.0. The maximum Gasteiger partial charge on any atom is 0.306 e. The molecular weight excluding hydrogens is 973 g/mol. The van der Waals surface area contributed by atoms with Crippen LogP contribution in [0.4, 0.5) is 0 Å². The molecule has 79 heavy (non-hydrogen) atoms. The summed E-state index contributed by atoms with van der Waals surface area (Å²) in [5, 5.41) is 0. The lowest BCUT2D eigenvalue weighted by Gasteiger charge is -2.18. The van der Waals surface area contributed by atoms with E-state index in [1.165, 1.54) is 244 Å². The van der Waals surface area contributed by atoms with E-state index in [2.05, 4.69) is 69.4 Å². The first-order valence-electron chi connectivity index (χ1n) is 35.1. The smallest absolute Gasteiger partial charge is 0.306 e. The summed E-state index contributed by atoms with van der Waals surface area (Å²) in [5.41, 5.74) is 0. The van der Waals surface area contributed by atoms with Gasteiger partial charge in [0.25, 0.3) is 0 Å². The predicted octanol–water partition coefficient (Wildman–Crippen LogP) is 24.1. The molecular formula is C73H134O6. The van der Waals surface area contributed by atoms with E-state index in [0.29, 0.717) is 19.3 Å². The molecule has 0 aromatic carbocycles. The molecule has 6 heteroatoms. The van der Waals surface area contributed by atoms with Crippen LogP contribution < -0.4 is 0 Å². The van der Waals surface area contributed by atoms with Crippen molar-refractivity contribution in [1.82, 2.24) is 0 Å². The molecule has 0 bridgehead atoms. The molecule has 0 amide bonds. The number of unbranched alkanes of at least 4 members (excludes halogenated alkanes) is 46. The van der Waals surface area contributed by atoms with Crippen molar-refractivity contribution in [3.8, 4) is 0 Å². The molecule has 0 aliphatic rings. The molecule has 0 heterocycles. The van der Waals surface area contributed by atoms with Crippen LogP contribution in [0.5, 0.6) is 0 Å². The maximum absolute atomic E-state index is 12.9. The highest BCUT2D eigenvalue weighted by molar-refractivity contribution is 5.71. The third-order valence-corrected chi connectivity index (χ3v) is 15.8. The van der Waals surface area contributed by atoms with Gasteiger partial charge in [-0.2, -0.15) is 0 Å². The number of carbonyl (C=O) groups excluding carboxylic acids is 3. The largest absolute Gasteiger partial charge is 0.462 e. The van der Waals surface area contributed by atoms with Crippen molar-refractivity contribution in [2.75, 3.05) is 13.2 Å². The topological polar surface area (TPSA) is 78.9 Å². The number of hydrogen-bond acceptors (Lipinski definition) is 6. The van der Waals surface area contributed by atoms with Gasteiger partial charge in [-0.15, -0.1) is 0 Å². The van der Waals surface area contributed by atoms with Gasteiger partial charge >= 0.3 is 17.9 Å². The van der Waals surface area contributed by atoms with Crippen LogP contribution in [0.1, 0.15) is 380 Å². The molecule has 0 saturated heterocycles. The molecule has 0 rings (SSSR count). The van der Waals surface area contributed by atoms with E-state index in [1.807, 2.05) is 0 Å². The minimum atomic E-state index is -0.779. The van der Waals surface area contributed by atoms with Gasteiger partial charge in [-0.25, -0.2) is 0 Å². The third-order valence-electron chi connectivity index (χ3n) is 15.8. The van der Waals surface area contributed by atoms with E-state index in [9.17, 15) is 14.4 Å². The Hall–Kier alpha value is -2.63. The van der Waals surface area contributed by atoms with E-state index < -0.39 is 6.10 Å². The predicted molar refractivity (Wildman–Crippen MR) is 344 cm³/mol. The second-order valence-electron chi connectivity index (χ2n) is 23.8. The monoisotopic (exact) mass is 1110 g/mol. The van der Waals surface area contributed by atoms with E-state index in [-0.39, 0.29) is 31.1 Å². The number of hydrogen-bond donors (Lipinski definition) is 0. The van der Waals surface area contributed by atoms with Crippen molar-refractivity contribution in [3.63, 3.8) is 0 Å². The van der Waals surface area contributed by atoms with E-state index in [0.717, 1.165) is 96.3 Å². The van der Waals surface area contributed by atoms with Crippen molar-refractivity contribution in [1.29, 1.82) is 0 Å². The summed E-state index contributed by atoms with van der Waals surface area (Å²) in [7, 11) is 0. The van der Waals surface area contributed by atoms with Gasteiger partial charge in [0.15, 0.2) is 6.10 Å². The number of ether oxygens (including phenoxy) is 3. The number of carbonyl (C=O) groups is 3. The van der Waals surface area contributed by atoms with Gasteiger partial charge in [0.1, 0.15) is 13.2 Å². The fourth-order valence-corrected chi connectivity index (χ4v) is 10.6. The molecule has 0 aromatic rings. The Morgan fingerprint density at radius 1 is 0.266 bits per heavy atom. The lowest BCUT2D eigenvalue weighted by molar-refractivity contribution is -0.167. The molecule has 0 radical (unpaired) electrons. The third kappa shape index (κ3) is 66.1. The van der Waals surface area contributed by atoms with E-state index >= 15 is 0 Å². The van der Waals surface area contributed by atoms with Gasteiger partial charge in [-0.05, 0) is 57.8 Å². The first-order valence-corrected chi connectivity index (χ1v) is 35.1. The first kappa shape index (κ1) is 76.4. The SMILES string of the molecule is CC/C=C\C/C=C\C/C=C\C/C=C\CCCCCCCCC(=O)OC(COC(=O)CCCCCCCCCCCCCCCCCCCCC)COC(=O)CCCCCCCCCCCCCCCCCCCCCCCCC. The Morgan fingerprint density at radius 3 is 0.772 bits per heavy atom. The molecule has 0 saturated carbocycles. The molecule has 0 aliphatic carbocycles. The number of rotatable bonds is 65. The Morgan fingerprint density at radius 2 is 0.494 bits per heavy atom. The average Bonchev–Trinajstić information content (AvgIpc) is 3.45. The van der Waals surface area contributed by atoms with Crippen LogP contribution in [0.25, 0.3) is 0 Å². The van der Waals surface area contributed by atoms with Crippen LogP contribution >= 0.6 is 0 Å². The van der Waals surface area contributed by atoms with E-state index in [4.69, 9.17) is 14.2 Å². The van der Waals surface area contributed by atoms with Gasteiger partial charge in [0, 0.05) is 19.3 Å². The van der Waals surface area contributed by atoms with Crippen LogP contribution in [-0.2, 0) is 28.6 Å². The molecule has 1 atom stereocenters. The summed E-state index contributed by atoms with van der Waals surface area (Å²) >= 11 is 0. The van der Waals surface area contributed by atoms with Gasteiger partial charge in [0.2, 0.25) is 0 Å². The van der Waals surface area contributed by atoms with Crippen LogP contribution in [0.2, 0.25) is 0 Å². The van der Waals surface area contributed by atoms with Crippen molar-refractivity contribution >= 4 is 17.9 Å². The van der Waals surface area contributed by atoms with Crippen LogP contribution in [0.15, 0.2) is 48.6 Å². The summed E-state index contributed by atoms with van der Waals surface area (Å²) in [5.74, 6) is -0.858. The molecule has 462 valence electrons. The Labute approximate surface area is 492 Å². The zero-order valence-electron chi connectivity index (χ0n) is 53.2. The van der Waals surface area contributed by atoms with Crippen molar-refractivity contribution in [2.45, 2.75) is 386 Å². The Kier molecular flexibility index (Phi) is 65.6. The fraction of sp³-hybridized carbons (Fsp3) is 0.849. The van der Waals surface area contributed by atoms with Gasteiger partial charge in [-0.1, -0.05) is 352 Å².